The van der Waals surface area contributed by atoms with Crippen LogP contribution >= 0.6 is 0 Å². The Morgan fingerprint density at radius 2 is 0.625 bits per heavy atom. The Balaban J connectivity index is 3.15. The second-order valence-corrected chi connectivity index (χ2v) is 14.9. The fourth-order valence-electron chi connectivity index (χ4n) is 5.77. The van der Waals surface area contributed by atoms with Crippen LogP contribution in [0.1, 0.15) is 110 Å². The molecule has 0 saturated heterocycles. The summed E-state index contributed by atoms with van der Waals surface area (Å²) in [5.74, 6) is -1.66. The number of ether oxygens (including phenoxy) is 13. The van der Waals surface area contributed by atoms with Crippen LogP contribution in [0.2, 0.25) is 0 Å². The number of rotatable bonds is 56. The first-order chi connectivity index (χ1) is 31.6. The first-order valence-electron chi connectivity index (χ1n) is 24.1. The second-order valence-electron chi connectivity index (χ2n) is 14.9. The van der Waals surface area contributed by atoms with E-state index < -0.39 is 18.5 Å². The molecule has 0 fully saturated rings. The van der Waals surface area contributed by atoms with E-state index in [9.17, 15) is 14.4 Å². The molecule has 0 bridgehead atoms. The van der Waals surface area contributed by atoms with Gasteiger partial charge in [0.25, 0.3) is 0 Å². The van der Waals surface area contributed by atoms with Gasteiger partial charge in [0, 0.05) is 13.0 Å². The van der Waals surface area contributed by atoms with Crippen molar-refractivity contribution in [3.63, 3.8) is 0 Å². The standard InChI is InChI=1S/C46H89NO17/c1-2-3-4-5-6-7-8-9-10-11-12-13-14-15-16-17-46(51)64-41-40-62-39-38-61-37-36-60-35-34-59-33-32-58-31-30-57-29-28-56-27-26-55-25-24-54-23-22-53-21-20-52-19-18-47-44(48)42-63-43-45(49)50/h2-43H2,1H3,(H,47,48)(H,49,50). The largest absolute Gasteiger partial charge is 0.480 e. The molecule has 64 heavy (non-hydrogen) atoms. The molecule has 0 aliphatic rings. The maximum Gasteiger partial charge on any atom is 0.329 e. The molecule has 2 N–H and O–H groups in total. The maximum atomic E-state index is 11.9. The van der Waals surface area contributed by atoms with E-state index in [1.807, 2.05) is 0 Å². The summed E-state index contributed by atoms with van der Waals surface area (Å²) >= 11 is 0. The molecule has 18 heteroatoms. The number of hydrogen-bond acceptors (Lipinski definition) is 16. The molecule has 0 radical (unpaired) electrons. The van der Waals surface area contributed by atoms with Gasteiger partial charge in [0.05, 0.1) is 145 Å². The first-order valence-corrected chi connectivity index (χ1v) is 24.1. The van der Waals surface area contributed by atoms with Crippen LogP contribution in [0.3, 0.4) is 0 Å². The molecule has 1 amide bonds. The Kier molecular flexibility index (Phi) is 53.5. The molecule has 0 spiro atoms. The van der Waals surface area contributed by atoms with E-state index in [0.29, 0.717) is 158 Å². The van der Waals surface area contributed by atoms with Gasteiger partial charge in [0.15, 0.2) is 0 Å². The Morgan fingerprint density at radius 1 is 0.344 bits per heavy atom. The lowest BCUT2D eigenvalue weighted by atomic mass is 10.0. The normalized spacial score (nSPS) is 11.4. The van der Waals surface area contributed by atoms with Crippen molar-refractivity contribution in [3.8, 4) is 0 Å². The Morgan fingerprint density at radius 3 is 0.938 bits per heavy atom. The topological polar surface area (TPSA) is 203 Å². The summed E-state index contributed by atoms with van der Waals surface area (Å²) in [6.45, 7) is 11.9. The highest BCUT2D eigenvalue weighted by atomic mass is 16.6. The highest BCUT2D eigenvalue weighted by Gasteiger charge is 2.05. The average Bonchev–Trinajstić information content (AvgIpc) is 3.28. The summed E-state index contributed by atoms with van der Waals surface area (Å²) in [5.41, 5.74) is 0. The van der Waals surface area contributed by atoms with Crippen molar-refractivity contribution < 1.29 is 81.1 Å². The van der Waals surface area contributed by atoms with E-state index in [2.05, 4.69) is 17.0 Å². The molecule has 0 aliphatic heterocycles. The van der Waals surface area contributed by atoms with E-state index >= 15 is 0 Å². The second kappa shape index (κ2) is 55.3. The van der Waals surface area contributed by atoms with Crippen LogP contribution in [0.5, 0.6) is 0 Å². The van der Waals surface area contributed by atoms with Gasteiger partial charge in [-0.05, 0) is 6.42 Å². The number of nitrogens with one attached hydrogen (secondary N) is 1. The number of carbonyl (C=O) groups is 3. The molecule has 0 unspecified atom stereocenters. The molecular weight excluding hydrogens is 838 g/mol. The summed E-state index contributed by atoms with van der Waals surface area (Å²) in [6.07, 6.45) is 20.1. The quantitative estimate of drug-likeness (QED) is 0.0595. The SMILES string of the molecule is CCCCCCCCCCCCCCCCCC(=O)OCCOCCOCCOCCOCCOCCOCCOCCOCCOCCOCCOCCNC(=O)COCC(=O)O. The van der Waals surface area contributed by atoms with Crippen LogP contribution < -0.4 is 5.32 Å². The van der Waals surface area contributed by atoms with Gasteiger partial charge in [0.2, 0.25) is 5.91 Å². The third-order valence-corrected chi connectivity index (χ3v) is 9.22. The van der Waals surface area contributed by atoms with Crippen molar-refractivity contribution in [2.75, 3.05) is 172 Å². The van der Waals surface area contributed by atoms with Crippen LogP contribution in [0, 0.1) is 0 Å². The van der Waals surface area contributed by atoms with Gasteiger partial charge in [-0.2, -0.15) is 0 Å². The lowest BCUT2D eigenvalue weighted by Crippen LogP contribution is -2.31. The summed E-state index contributed by atoms with van der Waals surface area (Å²) in [5, 5.41) is 11.0. The van der Waals surface area contributed by atoms with Crippen LogP contribution in [0.4, 0.5) is 0 Å². The van der Waals surface area contributed by atoms with Crippen molar-refractivity contribution in [2.24, 2.45) is 0 Å². The molecule has 0 aromatic carbocycles. The number of carboxylic acid groups (broad SMARTS) is 1. The van der Waals surface area contributed by atoms with Crippen molar-refractivity contribution in [1.29, 1.82) is 0 Å². The third kappa shape index (κ3) is 56.1. The number of carboxylic acids is 1. The molecule has 0 atom stereocenters. The lowest BCUT2D eigenvalue weighted by Gasteiger charge is -2.09. The Bertz CT molecular complexity index is 967. The molecular formula is C46H89NO17. The zero-order valence-electron chi connectivity index (χ0n) is 39.7. The highest BCUT2D eigenvalue weighted by Crippen LogP contribution is 2.14. The van der Waals surface area contributed by atoms with E-state index in [0.717, 1.165) is 12.8 Å². The fourth-order valence-corrected chi connectivity index (χ4v) is 5.77. The van der Waals surface area contributed by atoms with E-state index in [4.69, 9.17) is 61.9 Å². The van der Waals surface area contributed by atoms with Gasteiger partial charge in [0.1, 0.15) is 19.8 Å². The zero-order valence-corrected chi connectivity index (χ0v) is 39.7. The van der Waals surface area contributed by atoms with E-state index in [1.54, 1.807) is 0 Å². The zero-order chi connectivity index (χ0) is 46.3. The van der Waals surface area contributed by atoms with Gasteiger partial charge < -0.3 is 72.0 Å². The smallest absolute Gasteiger partial charge is 0.329 e. The predicted molar refractivity (Wildman–Crippen MR) is 241 cm³/mol. The van der Waals surface area contributed by atoms with Gasteiger partial charge in [-0.25, -0.2) is 4.79 Å². The maximum absolute atomic E-state index is 11.9. The van der Waals surface area contributed by atoms with Crippen LogP contribution in [0.25, 0.3) is 0 Å². The molecule has 0 saturated carbocycles. The minimum absolute atomic E-state index is 0.139. The van der Waals surface area contributed by atoms with Gasteiger partial charge in [-0.3, -0.25) is 9.59 Å². The van der Waals surface area contributed by atoms with Gasteiger partial charge in [-0.15, -0.1) is 0 Å². The highest BCUT2D eigenvalue weighted by molar-refractivity contribution is 5.77. The van der Waals surface area contributed by atoms with E-state index in [1.165, 1.54) is 83.5 Å². The number of hydrogen-bond donors (Lipinski definition) is 2. The van der Waals surface area contributed by atoms with Crippen LogP contribution in [0.15, 0.2) is 0 Å². The van der Waals surface area contributed by atoms with E-state index in [-0.39, 0.29) is 19.2 Å². The number of amides is 1. The van der Waals surface area contributed by atoms with Crippen molar-refractivity contribution >= 4 is 17.8 Å². The fraction of sp³-hybridized carbons (Fsp3) is 0.935. The molecule has 0 heterocycles. The number of carbonyl (C=O) groups excluding carboxylic acids is 2. The molecule has 0 rings (SSSR count). The van der Waals surface area contributed by atoms with Crippen LogP contribution in [-0.4, -0.2) is 195 Å². The number of unbranched alkanes of at least 4 members (excludes halogenated alkanes) is 14. The summed E-state index contributed by atoms with van der Waals surface area (Å²) < 4.78 is 70.1. The Hall–Kier alpha value is -2.07. The third-order valence-electron chi connectivity index (χ3n) is 9.22. The van der Waals surface area contributed by atoms with Crippen LogP contribution in [-0.2, 0) is 76.0 Å². The van der Waals surface area contributed by atoms with Crippen molar-refractivity contribution in [2.45, 2.75) is 110 Å². The van der Waals surface area contributed by atoms with Crippen molar-refractivity contribution in [3.05, 3.63) is 0 Å². The molecule has 0 aromatic rings. The lowest BCUT2D eigenvalue weighted by molar-refractivity contribution is -0.146. The Labute approximate surface area is 384 Å². The molecule has 0 aliphatic carbocycles. The van der Waals surface area contributed by atoms with Gasteiger partial charge >= 0.3 is 11.9 Å². The molecule has 18 nitrogen and oxygen atoms in total. The van der Waals surface area contributed by atoms with Crippen molar-refractivity contribution in [1.82, 2.24) is 5.32 Å². The average molecular weight is 928 g/mol. The monoisotopic (exact) mass is 928 g/mol. The summed E-state index contributed by atoms with van der Waals surface area (Å²) in [6, 6.07) is 0. The number of aliphatic carboxylic acids is 1. The minimum atomic E-state index is -1.13. The predicted octanol–water partition coefficient (Wildman–Crippen LogP) is 5.19. The first kappa shape index (κ1) is 61.9. The number of esters is 1. The molecule has 380 valence electrons. The van der Waals surface area contributed by atoms with Gasteiger partial charge in [-0.1, -0.05) is 96.8 Å². The minimum Gasteiger partial charge on any atom is -0.480 e. The summed E-state index contributed by atoms with van der Waals surface area (Å²) in [7, 11) is 0. The summed E-state index contributed by atoms with van der Waals surface area (Å²) in [4.78, 5) is 33.6. The molecule has 0 aromatic heterocycles.